The van der Waals surface area contributed by atoms with E-state index in [1.807, 2.05) is 18.2 Å². The molecule has 0 unspecified atom stereocenters. The number of rotatable bonds is 9. The quantitative estimate of drug-likeness (QED) is 0.390. The summed E-state index contributed by atoms with van der Waals surface area (Å²) in [5.74, 6) is -1.10. The van der Waals surface area contributed by atoms with Crippen molar-refractivity contribution in [2.24, 2.45) is 0 Å². The Morgan fingerprint density at radius 1 is 0.957 bits per heavy atom. The summed E-state index contributed by atoms with van der Waals surface area (Å²) in [7, 11) is 0. The molecule has 23 heavy (non-hydrogen) atoms. The molecular formula is C20H24O3. The van der Waals surface area contributed by atoms with E-state index in [2.05, 4.69) is 31.2 Å². The van der Waals surface area contributed by atoms with Gasteiger partial charge >= 0.3 is 5.97 Å². The standard InChI is InChI=1S/C20H24O3/c1-2-3-4-5-10-19(21)20(22)23-14-13-16-11-12-17-8-6-7-9-18(17)15-16/h6-9,11-12,15H,2-5,10,13-14H2,1H3. The molecular weight excluding hydrogens is 288 g/mol. The van der Waals surface area contributed by atoms with Crippen LogP contribution in [0, 0.1) is 0 Å². The fourth-order valence-electron chi connectivity index (χ4n) is 2.55. The second kappa shape index (κ2) is 9.09. The summed E-state index contributed by atoms with van der Waals surface area (Å²) in [6.45, 7) is 2.36. The topological polar surface area (TPSA) is 43.4 Å². The highest BCUT2D eigenvalue weighted by atomic mass is 16.5. The molecule has 122 valence electrons. The normalized spacial score (nSPS) is 10.7. The molecule has 0 bridgehead atoms. The lowest BCUT2D eigenvalue weighted by Gasteiger charge is -2.06. The largest absolute Gasteiger partial charge is 0.460 e. The molecule has 2 aromatic carbocycles. The van der Waals surface area contributed by atoms with Crippen molar-refractivity contribution in [1.29, 1.82) is 0 Å². The van der Waals surface area contributed by atoms with Gasteiger partial charge in [-0.25, -0.2) is 4.79 Å². The number of hydrogen-bond acceptors (Lipinski definition) is 3. The summed E-state index contributed by atoms with van der Waals surface area (Å²) in [4.78, 5) is 23.3. The maximum Gasteiger partial charge on any atom is 0.374 e. The number of unbranched alkanes of at least 4 members (excludes halogenated alkanes) is 3. The highest BCUT2D eigenvalue weighted by molar-refractivity contribution is 6.33. The van der Waals surface area contributed by atoms with Crippen LogP contribution in [0.15, 0.2) is 42.5 Å². The number of carbonyl (C=O) groups excluding carboxylic acids is 2. The van der Waals surface area contributed by atoms with Crippen molar-refractivity contribution in [2.45, 2.75) is 45.4 Å². The molecule has 3 heteroatoms. The van der Waals surface area contributed by atoms with Crippen molar-refractivity contribution in [3.63, 3.8) is 0 Å². The maximum atomic E-state index is 11.6. The Hall–Kier alpha value is -2.16. The van der Waals surface area contributed by atoms with E-state index in [4.69, 9.17) is 4.74 Å². The predicted octanol–water partition coefficient (Wildman–Crippen LogP) is 4.47. The maximum absolute atomic E-state index is 11.6. The SMILES string of the molecule is CCCCCCC(=O)C(=O)OCCc1ccc2ccccc2c1. The van der Waals surface area contributed by atoms with E-state index in [9.17, 15) is 9.59 Å². The van der Waals surface area contributed by atoms with Crippen molar-refractivity contribution in [2.75, 3.05) is 6.61 Å². The minimum Gasteiger partial charge on any atom is -0.460 e. The molecule has 0 aliphatic carbocycles. The molecule has 0 saturated carbocycles. The minimum absolute atomic E-state index is 0.248. The molecule has 0 atom stereocenters. The van der Waals surface area contributed by atoms with E-state index < -0.39 is 11.8 Å². The van der Waals surface area contributed by atoms with Gasteiger partial charge in [-0.15, -0.1) is 0 Å². The predicted molar refractivity (Wildman–Crippen MR) is 92.4 cm³/mol. The molecule has 0 aliphatic heterocycles. The van der Waals surface area contributed by atoms with Gasteiger partial charge in [0.15, 0.2) is 0 Å². The van der Waals surface area contributed by atoms with Gasteiger partial charge in [-0.05, 0) is 22.8 Å². The molecule has 3 nitrogen and oxygen atoms in total. The molecule has 0 fully saturated rings. The molecule has 0 heterocycles. The molecule has 0 amide bonds. The number of ether oxygens (including phenoxy) is 1. The van der Waals surface area contributed by atoms with E-state index in [1.165, 1.54) is 10.8 Å². The number of benzene rings is 2. The van der Waals surface area contributed by atoms with Gasteiger partial charge in [0.25, 0.3) is 0 Å². The fourth-order valence-corrected chi connectivity index (χ4v) is 2.55. The summed E-state index contributed by atoms with van der Waals surface area (Å²) < 4.78 is 5.09. The summed E-state index contributed by atoms with van der Waals surface area (Å²) in [6, 6.07) is 14.3. The number of carbonyl (C=O) groups is 2. The van der Waals surface area contributed by atoms with Crippen LogP contribution in [0.2, 0.25) is 0 Å². The van der Waals surface area contributed by atoms with Crippen molar-refractivity contribution >= 4 is 22.5 Å². The zero-order valence-corrected chi connectivity index (χ0v) is 13.7. The van der Waals surface area contributed by atoms with E-state index in [1.54, 1.807) is 0 Å². The second-order valence-corrected chi connectivity index (χ2v) is 5.80. The molecule has 0 aliphatic rings. The van der Waals surface area contributed by atoms with Crippen LogP contribution in [0.25, 0.3) is 10.8 Å². The summed E-state index contributed by atoms with van der Waals surface area (Å²) >= 11 is 0. The summed E-state index contributed by atoms with van der Waals surface area (Å²) in [5, 5.41) is 2.36. The van der Waals surface area contributed by atoms with Crippen LogP contribution in [0.1, 0.15) is 44.6 Å². The molecule has 0 N–H and O–H groups in total. The first-order valence-corrected chi connectivity index (χ1v) is 8.38. The third-order valence-electron chi connectivity index (χ3n) is 3.92. The molecule has 2 aromatic rings. The van der Waals surface area contributed by atoms with Crippen molar-refractivity contribution in [3.8, 4) is 0 Å². The Kier molecular flexibility index (Phi) is 6.79. The van der Waals surface area contributed by atoms with Crippen LogP contribution in [-0.2, 0) is 20.7 Å². The van der Waals surface area contributed by atoms with Crippen LogP contribution >= 0.6 is 0 Å². The highest BCUT2D eigenvalue weighted by Gasteiger charge is 2.14. The van der Waals surface area contributed by atoms with Gasteiger partial charge in [0.05, 0.1) is 6.61 Å². The fraction of sp³-hybridized carbons (Fsp3) is 0.400. The van der Waals surface area contributed by atoms with Crippen molar-refractivity contribution < 1.29 is 14.3 Å². The Morgan fingerprint density at radius 2 is 1.74 bits per heavy atom. The summed E-state index contributed by atoms with van der Waals surface area (Å²) in [5.41, 5.74) is 1.10. The average Bonchev–Trinajstić information content (AvgIpc) is 2.58. The van der Waals surface area contributed by atoms with Gasteiger partial charge < -0.3 is 4.74 Å². The number of fused-ring (bicyclic) bond motifs is 1. The molecule has 0 spiro atoms. The smallest absolute Gasteiger partial charge is 0.374 e. The first-order chi connectivity index (χ1) is 11.2. The molecule has 0 saturated heterocycles. The van der Waals surface area contributed by atoms with Crippen LogP contribution < -0.4 is 0 Å². The highest BCUT2D eigenvalue weighted by Crippen LogP contribution is 2.16. The summed E-state index contributed by atoms with van der Waals surface area (Å²) in [6.07, 6.45) is 4.91. The van der Waals surface area contributed by atoms with Gasteiger partial charge in [0.2, 0.25) is 5.78 Å². The lowest BCUT2D eigenvalue weighted by Crippen LogP contribution is -2.18. The van der Waals surface area contributed by atoms with Crippen molar-refractivity contribution in [1.82, 2.24) is 0 Å². The second-order valence-electron chi connectivity index (χ2n) is 5.80. The Balaban J connectivity index is 1.74. The Bertz CT molecular complexity index is 661. The van der Waals surface area contributed by atoms with Crippen molar-refractivity contribution in [3.05, 3.63) is 48.0 Å². The van der Waals surface area contributed by atoms with Gasteiger partial charge in [0.1, 0.15) is 0 Å². The van der Waals surface area contributed by atoms with E-state index in [0.717, 1.165) is 31.2 Å². The van der Waals surface area contributed by atoms with Gasteiger partial charge in [-0.2, -0.15) is 0 Å². The minimum atomic E-state index is -0.692. The van der Waals surface area contributed by atoms with E-state index in [0.29, 0.717) is 12.8 Å². The lowest BCUT2D eigenvalue weighted by atomic mass is 10.1. The average molecular weight is 312 g/mol. The zero-order chi connectivity index (χ0) is 16.5. The first-order valence-electron chi connectivity index (χ1n) is 8.38. The van der Waals surface area contributed by atoms with Gasteiger partial charge in [-0.3, -0.25) is 4.79 Å². The third-order valence-corrected chi connectivity index (χ3v) is 3.92. The zero-order valence-electron chi connectivity index (χ0n) is 13.7. The van der Waals surface area contributed by atoms with Crippen LogP contribution in [0.4, 0.5) is 0 Å². The van der Waals surface area contributed by atoms with Crippen LogP contribution in [0.5, 0.6) is 0 Å². The third kappa shape index (κ3) is 5.51. The molecule has 0 radical (unpaired) electrons. The molecule has 0 aromatic heterocycles. The van der Waals surface area contributed by atoms with Gasteiger partial charge in [-0.1, -0.05) is 68.7 Å². The monoisotopic (exact) mass is 312 g/mol. The van der Waals surface area contributed by atoms with E-state index >= 15 is 0 Å². The Labute approximate surface area is 137 Å². The first kappa shape index (κ1) is 17.2. The lowest BCUT2D eigenvalue weighted by molar-refractivity contribution is -0.153. The van der Waals surface area contributed by atoms with Crippen LogP contribution in [-0.4, -0.2) is 18.4 Å². The number of Topliss-reactive ketones (excluding diaryl/α,β-unsaturated/α-hetero) is 1. The number of ketones is 1. The Morgan fingerprint density at radius 3 is 2.52 bits per heavy atom. The van der Waals surface area contributed by atoms with E-state index in [-0.39, 0.29) is 6.61 Å². The number of hydrogen-bond donors (Lipinski definition) is 0. The number of esters is 1. The van der Waals surface area contributed by atoms with Crippen LogP contribution in [0.3, 0.4) is 0 Å². The van der Waals surface area contributed by atoms with Gasteiger partial charge in [0, 0.05) is 12.8 Å². The molecule has 2 rings (SSSR count).